The fourth-order valence-corrected chi connectivity index (χ4v) is 3.62. The summed E-state index contributed by atoms with van der Waals surface area (Å²) in [7, 11) is 0. The molecule has 1 N–H and O–H groups in total. The third-order valence-electron chi connectivity index (χ3n) is 4.57. The molecule has 0 aliphatic carbocycles. The van der Waals surface area contributed by atoms with E-state index >= 15 is 0 Å². The van der Waals surface area contributed by atoms with Gasteiger partial charge in [0.05, 0.1) is 24.6 Å². The minimum Gasteiger partial charge on any atom is -0.463 e. The van der Waals surface area contributed by atoms with E-state index < -0.39 is 0 Å². The van der Waals surface area contributed by atoms with Crippen LogP contribution in [0.25, 0.3) is 11.0 Å². The summed E-state index contributed by atoms with van der Waals surface area (Å²) in [5.41, 5.74) is 1.55. The number of piperidine rings is 1. The van der Waals surface area contributed by atoms with Crippen LogP contribution >= 0.6 is 0 Å². The van der Waals surface area contributed by atoms with Gasteiger partial charge in [0.1, 0.15) is 0 Å². The number of carbonyl (C=O) groups is 1. The first-order chi connectivity index (χ1) is 10.3. The number of carbonyl (C=O) groups excluding carboxylic acids is 1. The van der Waals surface area contributed by atoms with Crippen molar-refractivity contribution in [2.24, 2.45) is 5.92 Å². The molecule has 2 aromatic heterocycles. The van der Waals surface area contributed by atoms with Gasteiger partial charge in [0, 0.05) is 24.5 Å². The van der Waals surface area contributed by atoms with Crippen LogP contribution < -0.4 is 5.32 Å². The lowest BCUT2D eigenvalue weighted by Gasteiger charge is -2.30. The van der Waals surface area contributed by atoms with Crippen LogP contribution in [0.3, 0.4) is 0 Å². The number of nitrogens with zero attached hydrogens (tertiary/aromatic N) is 2. The zero-order valence-corrected chi connectivity index (χ0v) is 11.9. The highest BCUT2D eigenvalue weighted by Gasteiger charge is 2.32. The molecule has 1 unspecified atom stereocenters. The largest absolute Gasteiger partial charge is 0.463 e. The number of pyridine rings is 1. The van der Waals surface area contributed by atoms with Gasteiger partial charge in [-0.2, -0.15) is 0 Å². The molecular weight excluding hydrogens is 266 g/mol. The van der Waals surface area contributed by atoms with Crippen molar-refractivity contribution >= 4 is 16.9 Å². The number of amides is 1. The number of hydrogen-bond donors (Lipinski definition) is 1. The fraction of sp³-hybridized carbons (Fsp3) is 0.500. The lowest BCUT2D eigenvalue weighted by molar-refractivity contribution is -0.121. The molecule has 5 nitrogen and oxygen atoms in total. The van der Waals surface area contributed by atoms with E-state index in [1.807, 2.05) is 12.1 Å². The Balaban J connectivity index is 1.39. The molecule has 2 aromatic rings. The van der Waals surface area contributed by atoms with Crippen LogP contribution in [-0.4, -0.2) is 41.5 Å². The Bertz CT molecular complexity index is 654. The third kappa shape index (κ3) is 2.65. The molecule has 5 heteroatoms. The molecule has 0 radical (unpaired) electrons. The number of nitrogens with one attached hydrogen (secondary N) is 1. The van der Waals surface area contributed by atoms with Crippen molar-refractivity contribution in [2.45, 2.75) is 25.3 Å². The second-order valence-electron chi connectivity index (χ2n) is 6.23. The summed E-state index contributed by atoms with van der Waals surface area (Å²) >= 11 is 0. The average molecular weight is 285 g/mol. The van der Waals surface area contributed by atoms with E-state index in [1.165, 1.54) is 19.5 Å². The summed E-state index contributed by atoms with van der Waals surface area (Å²) in [6.45, 7) is 3.40. The minimum atomic E-state index is 0.0674. The fourth-order valence-electron chi connectivity index (χ4n) is 3.62. The van der Waals surface area contributed by atoms with Gasteiger partial charge in [0.15, 0.2) is 5.58 Å². The van der Waals surface area contributed by atoms with Crippen molar-refractivity contribution in [3.8, 4) is 0 Å². The van der Waals surface area contributed by atoms with Crippen molar-refractivity contribution < 1.29 is 9.21 Å². The topological polar surface area (TPSA) is 58.4 Å². The van der Waals surface area contributed by atoms with Crippen molar-refractivity contribution in [3.63, 3.8) is 0 Å². The normalized spacial score (nSPS) is 27.9. The van der Waals surface area contributed by atoms with E-state index in [0.717, 1.165) is 35.5 Å². The standard InChI is InChI=1S/C16H19N3O2/c20-16(18-14-5-11-1-3-19(9-11)10-14)7-13-6-12-2-4-21-15(12)8-17-13/h2,4,6,8,11,14H,1,3,5,7,9-10H2,(H,18,20)/t11-,14-/m1/s1. The Kier molecular flexibility index (Phi) is 3.15. The zero-order chi connectivity index (χ0) is 14.2. The molecule has 110 valence electrons. The number of furan rings is 1. The van der Waals surface area contributed by atoms with Crippen molar-refractivity contribution in [3.05, 3.63) is 30.3 Å². The maximum atomic E-state index is 12.2. The molecule has 2 bridgehead atoms. The first-order valence-electron chi connectivity index (χ1n) is 7.60. The second-order valence-corrected chi connectivity index (χ2v) is 6.23. The summed E-state index contributed by atoms with van der Waals surface area (Å²) in [5.74, 6) is 0.835. The molecule has 4 heterocycles. The molecule has 0 saturated carbocycles. The van der Waals surface area contributed by atoms with Crippen LogP contribution in [-0.2, 0) is 11.2 Å². The number of hydrogen-bond acceptors (Lipinski definition) is 4. The van der Waals surface area contributed by atoms with Crippen molar-refractivity contribution in [1.29, 1.82) is 0 Å². The molecule has 3 atom stereocenters. The molecular formula is C16H19N3O2. The van der Waals surface area contributed by atoms with Crippen LogP contribution in [0.2, 0.25) is 0 Å². The van der Waals surface area contributed by atoms with Gasteiger partial charge in [0.2, 0.25) is 5.91 Å². The molecule has 1 amide bonds. The molecule has 2 saturated heterocycles. The highest BCUT2D eigenvalue weighted by molar-refractivity contribution is 5.81. The van der Waals surface area contributed by atoms with Gasteiger partial charge < -0.3 is 14.6 Å². The maximum absolute atomic E-state index is 12.2. The molecule has 2 aliphatic rings. The first-order valence-corrected chi connectivity index (χ1v) is 7.60. The van der Waals surface area contributed by atoms with Gasteiger partial charge in [-0.3, -0.25) is 9.78 Å². The predicted octanol–water partition coefficient (Wildman–Crippen LogP) is 1.58. The SMILES string of the molecule is O=C(Cc1cc2ccoc2cn1)N[C@@H]1C[C@H]2CCN(C2)C1. The minimum absolute atomic E-state index is 0.0674. The molecule has 21 heavy (non-hydrogen) atoms. The molecule has 4 rings (SSSR count). The van der Waals surface area contributed by atoms with Gasteiger partial charge in [-0.25, -0.2) is 0 Å². The number of rotatable bonds is 3. The average Bonchev–Trinajstić information content (AvgIpc) is 3.04. The second kappa shape index (κ2) is 5.15. The van der Waals surface area contributed by atoms with E-state index in [2.05, 4.69) is 15.2 Å². The van der Waals surface area contributed by atoms with Crippen LogP contribution in [0.15, 0.2) is 29.0 Å². The zero-order valence-electron chi connectivity index (χ0n) is 11.9. The quantitative estimate of drug-likeness (QED) is 0.930. The first kappa shape index (κ1) is 12.8. The number of aromatic nitrogens is 1. The summed E-state index contributed by atoms with van der Waals surface area (Å²) < 4.78 is 5.26. The van der Waals surface area contributed by atoms with Gasteiger partial charge in [-0.1, -0.05) is 0 Å². The van der Waals surface area contributed by atoms with Crippen molar-refractivity contribution in [1.82, 2.24) is 15.2 Å². The molecule has 0 aromatic carbocycles. The highest BCUT2D eigenvalue weighted by atomic mass is 16.3. The Morgan fingerprint density at radius 1 is 1.48 bits per heavy atom. The smallest absolute Gasteiger partial charge is 0.226 e. The van der Waals surface area contributed by atoms with E-state index in [-0.39, 0.29) is 5.91 Å². The molecule has 2 aliphatic heterocycles. The summed E-state index contributed by atoms with van der Waals surface area (Å²) in [6.07, 6.45) is 6.07. The number of fused-ring (bicyclic) bond motifs is 3. The van der Waals surface area contributed by atoms with Crippen LogP contribution in [0.4, 0.5) is 0 Å². The van der Waals surface area contributed by atoms with E-state index in [0.29, 0.717) is 12.5 Å². The Labute approximate surface area is 123 Å². The monoisotopic (exact) mass is 285 g/mol. The van der Waals surface area contributed by atoms with Crippen LogP contribution in [0.5, 0.6) is 0 Å². The Morgan fingerprint density at radius 3 is 3.33 bits per heavy atom. The van der Waals surface area contributed by atoms with E-state index in [1.54, 1.807) is 12.5 Å². The predicted molar refractivity (Wildman–Crippen MR) is 78.8 cm³/mol. The van der Waals surface area contributed by atoms with Crippen molar-refractivity contribution in [2.75, 3.05) is 19.6 Å². The molecule has 0 spiro atoms. The lowest BCUT2D eigenvalue weighted by atomic mass is 9.97. The van der Waals surface area contributed by atoms with Crippen LogP contribution in [0.1, 0.15) is 18.5 Å². The summed E-state index contributed by atoms with van der Waals surface area (Å²) in [4.78, 5) is 18.9. The van der Waals surface area contributed by atoms with E-state index in [4.69, 9.17) is 4.42 Å². The lowest BCUT2D eigenvalue weighted by Crippen LogP contribution is -2.47. The van der Waals surface area contributed by atoms with Gasteiger partial charge in [0.25, 0.3) is 0 Å². The van der Waals surface area contributed by atoms with Gasteiger partial charge in [-0.05, 0) is 37.4 Å². The van der Waals surface area contributed by atoms with Gasteiger partial charge in [-0.15, -0.1) is 0 Å². The summed E-state index contributed by atoms with van der Waals surface area (Å²) in [5, 5.41) is 4.16. The van der Waals surface area contributed by atoms with Crippen LogP contribution in [0, 0.1) is 5.92 Å². The van der Waals surface area contributed by atoms with E-state index in [9.17, 15) is 4.79 Å². The maximum Gasteiger partial charge on any atom is 0.226 e. The van der Waals surface area contributed by atoms with Gasteiger partial charge >= 0.3 is 0 Å². The Hall–Kier alpha value is -1.88. The molecule has 2 fully saturated rings. The third-order valence-corrected chi connectivity index (χ3v) is 4.57. The highest BCUT2D eigenvalue weighted by Crippen LogP contribution is 2.26. The summed E-state index contributed by atoms with van der Waals surface area (Å²) in [6, 6.07) is 4.12. The Morgan fingerprint density at radius 2 is 2.43 bits per heavy atom.